The normalized spacial score (nSPS) is 12.3. The number of nitrogens with zero attached hydrogens (tertiary/aromatic N) is 2. The highest BCUT2D eigenvalue weighted by Crippen LogP contribution is 2.27. The van der Waals surface area contributed by atoms with Crippen LogP contribution in [0.15, 0.2) is 88.2 Å². The zero-order chi connectivity index (χ0) is 30.2. The van der Waals surface area contributed by atoms with Gasteiger partial charge in [-0.2, -0.15) is 0 Å². The second kappa shape index (κ2) is 14.0. The number of nitrogens with one attached hydrogen (secondary N) is 1. The molecule has 0 heterocycles. The predicted molar refractivity (Wildman–Crippen MR) is 165 cm³/mol. The van der Waals surface area contributed by atoms with Gasteiger partial charge in [0.05, 0.1) is 17.2 Å². The van der Waals surface area contributed by atoms with E-state index in [1.54, 1.807) is 36.4 Å². The minimum Gasteiger partial charge on any atom is -0.494 e. The lowest BCUT2D eigenvalue weighted by Gasteiger charge is -2.34. The smallest absolute Gasteiger partial charge is 0.264 e. The lowest BCUT2D eigenvalue weighted by molar-refractivity contribution is -0.141. The van der Waals surface area contributed by atoms with E-state index in [0.717, 1.165) is 14.3 Å². The molecule has 0 aliphatic rings. The third kappa shape index (κ3) is 8.81. The van der Waals surface area contributed by atoms with Crippen molar-refractivity contribution in [3.63, 3.8) is 0 Å². The van der Waals surface area contributed by atoms with Crippen LogP contribution < -0.4 is 14.4 Å². The maximum Gasteiger partial charge on any atom is 0.264 e. The molecule has 0 bridgehead atoms. The second-order valence-electron chi connectivity index (χ2n) is 10.6. The van der Waals surface area contributed by atoms with Crippen molar-refractivity contribution in [2.45, 2.75) is 64.1 Å². The van der Waals surface area contributed by atoms with Crippen molar-refractivity contribution in [1.29, 1.82) is 0 Å². The van der Waals surface area contributed by atoms with Gasteiger partial charge in [-0.25, -0.2) is 8.42 Å². The van der Waals surface area contributed by atoms with Gasteiger partial charge in [-0.3, -0.25) is 13.9 Å². The van der Waals surface area contributed by atoms with Crippen molar-refractivity contribution in [3.05, 3.63) is 88.9 Å². The van der Waals surface area contributed by atoms with Gasteiger partial charge in [0.1, 0.15) is 18.3 Å². The van der Waals surface area contributed by atoms with E-state index in [9.17, 15) is 18.0 Å². The Bertz CT molecular complexity index is 1410. The monoisotopic (exact) mass is 643 g/mol. The Morgan fingerprint density at radius 3 is 2.07 bits per heavy atom. The molecular weight excluding hydrogens is 606 g/mol. The van der Waals surface area contributed by atoms with Gasteiger partial charge in [-0.15, -0.1) is 0 Å². The third-order valence-corrected chi connectivity index (χ3v) is 8.51. The summed E-state index contributed by atoms with van der Waals surface area (Å²) >= 11 is 3.34. The molecule has 0 fully saturated rings. The number of rotatable bonds is 12. The molecule has 220 valence electrons. The van der Waals surface area contributed by atoms with E-state index in [2.05, 4.69) is 21.2 Å². The predicted octanol–water partition coefficient (Wildman–Crippen LogP) is 5.77. The van der Waals surface area contributed by atoms with E-state index in [1.807, 2.05) is 65.0 Å². The minimum absolute atomic E-state index is 0.0366. The maximum absolute atomic E-state index is 14.1. The Kier molecular flexibility index (Phi) is 11.0. The molecule has 0 radical (unpaired) electrons. The van der Waals surface area contributed by atoms with Gasteiger partial charge in [0.25, 0.3) is 10.0 Å². The lowest BCUT2D eigenvalue weighted by Crippen LogP contribution is -2.55. The van der Waals surface area contributed by atoms with Gasteiger partial charge in [0, 0.05) is 16.6 Å². The zero-order valence-electron chi connectivity index (χ0n) is 24.1. The highest BCUT2D eigenvalue weighted by Gasteiger charge is 2.34. The molecule has 0 aliphatic heterocycles. The average molecular weight is 645 g/mol. The highest BCUT2D eigenvalue weighted by molar-refractivity contribution is 9.10. The number of benzene rings is 3. The first kappa shape index (κ1) is 32.1. The number of hydrogen-bond donors (Lipinski definition) is 1. The molecule has 0 saturated heterocycles. The van der Waals surface area contributed by atoms with Crippen LogP contribution in [0.5, 0.6) is 5.75 Å². The van der Waals surface area contributed by atoms with Crippen LogP contribution in [0.1, 0.15) is 46.6 Å². The van der Waals surface area contributed by atoms with E-state index in [0.29, 0.717) is 24.5 Å². The fourth-order valence-electron chi connectivity index (χ4n) is 4.29. The van der Waals surface area contributed by atoms with Gasteiger partial charge >= 0.3 is 0 Å². The SMILES string of the molecule is CCOc1ccc(N(CC(=O)N(Cc2ccccc2)[C@H](CC)C(=O)NC(C)(C)C)S(=O)(=O)c2ccc(Br)cc2)cc1. The first-order valence-electron chi connectivity index (χ1n) is 13.5. The van der Waals surface area contributed by atoms with E-state index in [-0.39, 0.29) is 17.3 Å². The molecule has 3 aromatic carbocycles. The molecule has 0 aromatic heterocycles. The first-order valence-corrected chi connectivity index (χ1v) is 15.8. The van der Waals surface area contributed by atoms with Crippen LogP contribution in [0, 0.1) is 0 Å². The summed E-state index contributed by atoms with van der Waals surface area (Å²) in [5, 5.41) is 2.97. The maximum atomic E-state index is 14.1. The summed E-state index contributed by atoms with van der Waals surface area (Å²) in [5.41, 5.74) is 0.619. The summed E-state index contributed by atoms with van der Waals surface area (Å²) in [6.07, 6.45) is 0.350. The molecule has 3 aromatic rings. The summed E-state index contributed by atoms with van der Waals surface area (Å²) < 4.78 is 35.3. The van der Waals surface area contributed by atoms with Crippen molar-refractivity contribution in [2.24, 2.45) is 0 Å². The molecule has 8 nitrogen and oxygen atoms in total. The number of carbonyl (C=O) groups excluding carboxylic acids is 2. The van der Waals surface area contributed by atoms with Crippen LogP contribution in [0.4, 0.5) is 5.69 Å². The summed E-state index contributed by atoms with van der Waals surface area (Å²) in [4.78, 5) is 29.0. The molecule has 1 N–H and O–H groups in total. The summed E-state index contributed by atoms with van der Waals surface area (Å²) in [5.74, 6) is -0.217. The van der Waals surface area contributed by atoms with Gasteiger partial charge in [-0.1, -0.05) is 53.2 Å². The van der Waals surface area contributed by atoms with Crippen LogP contribution in [0.25, 0.3) is 0 Å². The molecule has 41 heavy (non-hydrogen) atoms. The number of sulfonamides is 1. The molecule has 3 rings (SSSR count). The molecule has 0 aliphatic carbocycles. The van der Waals surface area contributed by atoms with Gasteiger partial charge in [0.15, 0.2) is 0 Å². The minimum atomic E-state index is -4.16. The zero-order valence-corrected chi connectivity index (χ0v) is 26.5. The summed E-state index contributed by atoms with van der Waals surface area (Å²) in [7, 11) is -4.16. The lowest BCUT2D eigenvalue weighted by atomic mass is 10.1. The highest BCUT2D eigenvalue weighted by atomic mass is 79.9. The standard InChI is InChI=1S/C31H38BrN3O5S/c1-6-28(30(37)33-31(3,4)5)34(21-23-11-9-8-10-12-23)29(36)22-35(25-15-17-26(18-16-25)40-7-2)41(38,39)27-19-13-24(32)14-20-27/h8-20,28H,6-7,21-22H2,1-5H3,(H,33,37)/t28-/m1/s1. The Morgan fingerprint density at radius 2 is 1.54 bits per heavy atom. The van der Waals surface area contributed by atoms with Crippen LogP contribution in [0.3, 0.4) is 0 Å². The molecule has 0 unspecified atom stereocenters. The molecule has 1 atom stereocenters. The number of amides is 2. The quantitative estimate of drug-likeness (QED) is 0.270. The third-order valence-electron chi connectivity index (χ3n) is 6.20. The molecular formula is C31H38BrN3O5S. The molecule has 0 saturated carbocycles. The molecule has 2 amide bonds. The van der Waals surface area contributed by atoms with E-state index >= 15 is 0 Å². The topological polar surface area (TPSA) is 96.0 Å². The number of anilines is 1. The van der Waals surface area contributed by atoms with E-state index in [1.165, 1.54) is 17.0 Å². The van der Waals surface area contributed by atoms with Gasteiger partial charge in [-0.05, 0) is 88.2 Å². The number of carbonyl (C=O) groups is 2. The number of hydrogen-bond acceptors (Lipinski definition) is 5. The first-order chi connectivity index (χ1) is 19.4. The van der Waals surface area contributed by atoms with Crippen molar-refractivity contribution in [3.8, 4) is 5.75 Å². The Balaban J connectivity index is 2.06. The fraction of sp³-hybridized carbons (Fsp3) is 0.355. The Morgan fingerprint density at radius 1 is 0.927 bits per heavy atom. The van der Waals surface area contributed by atoms with Crippen LogP contribution in [0.2, 0.25) is 0 Å². The fourth-order valence-corrected chi connectivity index (χ4v) is 5.97. The van der Waals surface area contributed by atoms with E-state index < -0.39 is 34.1 Å². The van der Waals surface area contributed by atoms with Crippen LogP contribution in [-0.2, 0) is 26.2 Å². The van der Waals surface area contributed by atoms with Crippen molar-refractivity contribution in [1.82, 2.24) is 10.2 Å². The molecule has 10 heteroatoms. The number of halogens is 1. The van der Waals surface area contributed by atoms with Crippen LogP contribution >= 0.6 is 15.9 Å². The largest absolute Gasteiger partial charge is 0.494 e. The van der Waals surface area contributed by atoms with Crippen molar-refractivity contribution in [2.75, 3.05) is 17.5 Å². The van der Waals surface area contributed by atoms with Gasteiger partial charge < -0.3 is 15.0 Å². The van der Waals surface area contributed by atoms with Crippen LogP contribution in [-0.4, -0.2) is 49.9 Å². The Hall–Kier alpha value is -3.37. The second-order valence-corrected chi connectivity index (χ2v) is 13.3. The Labute approximate surface area is 251 Å². The van der Waals surface area contributed by atoms with Crippen molar-refractivity contribution >= 4 is 43.5 Å². The summed E-state index contributed by atoms with van der Waals surface area (Å²) in [6, 6.07) is 21.3. The van der Waals surface area contributed by atoms with Crippen molar-refractivity contribution < 1.29 is 22.7 Å². The summed E-state index contributed by atoms with van der Waals surface area (Å²) in [6.45, 7) is 9.42. The number of ether oxygens (including phenoxy) is 1. The van der Waals surface area contributed by atoms with Gasteiger partial charge in [0.2, 0.25) is 11.8 Å². The molecule has 0 spiro atoms. The average Bonchev–Trinajstić information content (AvgIpc) is 2.92. The van der Waals surface area contributed by atoms with E-state index in [4.69, 9.17) is 4.74 Å².